The molecule has 5 nitrogen and oxygen atoms in total. The van der Waals surface area contributed by atoms with E-state index >= 15 is 0 Å². The highest BCUT2D eigenvalue weighted by molar-refractivity contribution is 5.72. The Labute approximate surface area is 106 Å². The van der Waals surface area contributed by atoms with Gasteiger partial charge in [-0.1, -0.05) is 11.8 Å². The number of alkyl halides is 3. The molecule has 0 saturated heterocycles. The maximum absolute atomic E-state index is 12.6. The minimum absolute atomic E-state index is 0.130. The van der Waals surface area contributed by atoms with Gasteiger partial charge in [0, 0.05) is 19.9 Å². The Morgan fingerprint density at radius 2 is 2.21 bits per heavy atom. The summed E-state index contributed by atoms with van der Waals surface area (Å²) in [5.74, 6) is 4.25. The summed E-state index contributed by atoms with van der Waals surface area (Å²) in [6, 6.07) is 0. The van der Waals surface area contributed by atoms with E-state index in [-0.39, 0.29) is 18.9 Å². The third kappa shape index (κ3) is 4.46. The zero-order chi connectivity index (χ0) is 14.5. The number of aromatic amines is 1. The Balaban J connectivity index is 2.92. The number of carbonyl (C=O) groups is 1. The first-order valence-corrected chi connectivity index (χ1v) is 5.20. The van der Waals surface area contributed by atoms with E-state index in [2.05, 4.69) is 22.1 Å². The molecule has 0 aromatic carbocycles. The first kappa shape index (κ1) is 14.8. The second kappa shape index (κ2) is 6.04. The number of amides is 1. The smallest absolute Gasteiger partial charge is 0.355 e. The Kier molecular flexibility index (Phi) is 4.69. The van der Waals surface area contributed by atoms with E-state index in [4.69, 9.17) is 0 Å². The van der Waals surface area contributed by atoms with E-state index in [9.17, 15) is 22.8 Å². The third-order valence-electron chi connectivity index (χ3n) is 1.96. The van der Waals surface area contributed by atoms with Crippen molar-refractivity contribution in [1.82, 2.24) is 15.3 Å². The lowest BCUT2D eigenvalue weighted by Gasteiger charge is -2.05. The summed E-state index contributed by atoms with van der Waals surface area (Å²) in [6.07, 6.45) is -3.94. The predicted molar refractivity (Wildman–Crippen MR) is 60.0 cm³/mol. The standard InChI is InChI=1S/C11H10F3N3O2/c1-7(18)15-5-3-2-4-8-9(11(12,13)14)16-6-17-10(8)19/h6H,3,5H2,1H3,(H,15,18)(H,16,17,19). The molecule has 1 aromatic heterocycles. The normalized spacial score (nSPS) is 10.5. The Hall–Kier alpha value is -2.30. The molecule has 0 atom stereocenters. The van der Waals surface area contributed by atoms with Gasteiger partial charge in [0.25, 0.3) is 5.56 Å². The van der Waals surface area contributed by atoms with Crippen LogP contribution in [0.15, 0.2) is 11.1 Å². The van der Waals surface area contributed by atoms with Gasteiger partial charge in [-0.05, 0) is 0 Å². The molecule has 102 valence electrons. The second-order valence-electron chi connectivity index (χ2n) is 3.49. The van der Waals surface area contributed by atoms with E-state index in [1.165, 1.54) is 6.92 Å². The molecule has 2 N–H and O–H groups in total. The summed E-state index contributed by atoms with van der Waals surface area (Å²) in [7, 11) is 0. The molecule has 19 heavy (non-hydrogen) atoms. The van der Waals surface area contributed by atoms with Crippen LogP contribution in [-0.4, -0.2) is 22.4 Å². The fourth-order valence-electron chi connectivity index (χ4n) is 1.18. The van der Waals surface area contributed by atoms with E-state index in [0.29, 0.717) is 6.33 Å². The van der Waals surface area contributed by atoms with Crippen LogP contribution in [-0.2, 0) is 11.0 Å². The van der Waals surface area contributed by atoms with Crippen LogP contribution < -0.4 is 10.9 Å². The van der Waals surface area contributed by atoms with Crippen molar-refractivity contribution in [3.63, 3.8) is 0 Å². The average Bonchev–Trinajstić information content (AvgIpc) is 2.28. The van der Waals surface area contributed by atoms with Gasteiger partial charge in [-0.2, -0.15) is 13.2 Å². The average molecular weight is 273 g/mol. The van der Waals surface area contributed by atoms with E-state index in [0.717, 1.165) is 0 Å². The number of halogens is 3. The molecule has 8 heteroatoms. The molecule has 1 aromatic rings. The number of aromatic nitrogens is 2. The third-order valence-corrected chi connectivity index (χ3v) is 1.96. The van der Waals surface area contributed by atoms with Gasteiger partial charge < -0.3 is 10.3 Å². The van der Waals surface area contributed by atoms with Gasteiger partial charge in [-0.15, -0.1) is 0 Å². The maximum Gasteiger partial charge on any atom is 0.434 e. The summed E-state index contributed by atoms with van der Waals surface area (Å²) in [4.78, 5) is 27.0. The fraction of sp³-hybridized carbons (Fsp3) is 0.364. The number of carbonyl (C=O) groups excluding carboxylic acids is 1. The van der Waals surface area contributed by atoms with Gasteiger partial charge >= 0.3 is 6.18 Å². The molecule has 0 unspecified atom stereocenters. The Bertz CT molecular complexity index is 581. The largest absolute Gasteiger partial charge is 0.434 e. The highest BCUT2D eigenvalue weighted by Gasteiger charge is 2.36. The first-order chi connectivity index (χ1) is 8.82. The molecule has 0 fully saturated rings. The van der Waals surface area contributed by atoms with Crippen molar-refractivity contribution < 1.29 is 18.0 Å². The summed E-state index contributed by atoms with van der Waals surface area (Å²) < 4.78 is 37.7. The monoisotopic (exact) mass is 273 g/mol. The molecular weight excluding hydrogens is 263 g/mol. The van der Waals surface area contributed by atoms with Gasteiger partial charge in [0.05, 0.1) is 6.33 Å². The van der Waals surface area contributed by atoms with E-state index < -0.39 is 23.0 Å². The number of hydrogen-bond acceptors (Lipinski definition) is 3. The van der Waals surface area contributed by atoms with Crippen LogP contribution in [0.2, 0.25) is 0 Å². The quantitative estimate of drug-likeness (QED) is 0.614. The van der Waals surface area contributed by atoms with Crippen LogP contribution >= 0.6 is 0 Å². The summed E-state index contributed by atoms with van der Waals surface area (Å²) in [5, 5.41) is 2.43. The van der Waals surface area contributed by atoms with Gasteiger partial charge in [0.15, 0.2) is 5.69 Å². The van der Waals surface area contributed by atoms with Crippen molar-refractivity contribution >= 4 is 5.91 Å². The Morgan fingerprint density at radius 1 is 1.53 bits per heavy atom. The molecule has 0 bridgehead atoms. The molecule has 1 heterocycles. The van der Waals surface area contributed by atoms with Crippen LogP contribution in [0.1, 0.15) is 24.6 Å². The van der Waals surface area contributed by atoms with Gasteiger partial charge in [-0.3, -0.25) is 9.59 Å². The van der Waals surface area contributed by atoms with Crippen LogP contribution in [0.3, 0.4) is 0 Å². The van der Waals surface area contributed by atoms with Crippen LogP contribution in [0.25, 0.3) is 0 Å². The number of nitrogens with one attached hydrogen (secondary N) is 2. The van der Waals surface area contributed by atoms with Crippen molar-refractivity contribution in [3.05, 3.63) is 27.9 Å². The van der Waals surface area contributed by atoms with Crippen molar-refractivity contribution in [1.29, 1.82) is 0 Å². The lowest BCUT2D eigenvalue weighted by atomic mass is 10.2. The molecule has 0 spiro atoms. The minimum atomic E-state index is -4.74. The molecule has 0 aliphatic rings. The lowest BCUT2D eigenvalue weighted by molar-refractivity contribution is -0.141. The van der Waals surface area contributed by atoms with Crippen LogP contribution in [0.4, 0.5) is 13.2 Å². The maximum atomic E-state index is 12.6. The van der Waals surface area contributed by atoms with Crippen LogP contribution in [0, 0.1) is 11.8 Å². The van der Waals surface area contributed by atoms with Gasteiger partial charge in [0.2, 0.25) is 5.91 Å². The summed E-state index contributed by atoms with van der Waals surface area (Å²) in [6.45, 7) is 1.50. The van der Waals surface area contributed by atoms with Crippen molar-refractivity contribution in [2.75, 3.05) is 6.54 Å². The number of hydrogen-bond donors (Lipinski definition) is 2. The Morgan fingerprint density at radius 3 is 2.79 bits per heavy atom. The van der Waals surface area contributed by atoms with Crippen LogP contribution in [0.5, 0.6) is 0 Å². The zero-order valence-corrected chi connectivity index (χ0v) is 9.89. The predicted octanol–water partition coefficient (Wildman–Crippen LogP) is 0.666. The molecule has 0 radical (unpaired) electrons. The van der Waals surface area contributed by atoms with Crippen molar-refractivity contribution in [3.8, 4) is 11.8 Å². The SMILES string of the molecule is CC(=O)NCCC#Cc1c(C(F)(F)F)nc[nH]c1=O. The topological polar surface area (TPSA) is 74.8 Å². The number of rotatable bonds is 2. The van der Waals surface area contributed by atoms with Crippen molar-refractivity contribution in [2.45, 2.75) is 19.5 Å². The fourth-order valence-corrected chi connectivity index (χ4v) is 1.18. The molecule has 1 rings (SSSR count). The lowest BCUT2D eigenvalue weighted by Crippen LogP contribution is -2.21. The number of nitrogens with zero attached hydrogens (tertiary/aromatic N) is 1. The van der Waals surface area contributed by atoms with Gasteiger partial charge in [-0.25, -0.2) is 4.98 Å². The number of H-pyrrole nitrogens is 1. The first-order valence-electron chi connectivity index (χ1n) is 5.20. The molecular formula is C11H10F3N3O2. The zero-order valence-electron chi connectivity index (χ0n) is 9.89. The second-order valence-corrected chi connectivity index (χ2v) is 3.49. The highest BCUT2D eigenvalue weighted by Crippen LogP contribution is 2.28. The summed E-state index contributed by atoms with van der Waals surface area (Å²) >= 11 is 0. The molecule has 0 aliphatic heterocycles. The summed E-state index contributed by atoms with van der Waals surface area (Å²) in [5.41, 5.74) is -2.99. The molecule has 0 saturated carbocycles. The minimum Gasteiger partial charge on any atom is -0.355 e. The van der Waals surface area contributed by atoms with E-state index in [1.54, 1.807) is 0 Å². The van der Waals surface area contributed by atoms with Crippen molar-refractivity contribution in [2.24, 2.45) is 0 Å². The molecule has 1 amide bonds. The van der Waals surface area contributed by atoms with Gasteiger partial charge in [0.1, 0.15) is 5.56 Å². The molecule has 0 aliphatic carbocycles. The van der Waals surface area contributed by atoms with E-state index in [1.807, 2.05) is 4.98 Å². The highest BCUT2D eigenvalue weighted by atomic mass is 19.4.